The van der Waals surface area contributed by atoms with E-state index in [0.717, 1.165) is 16.8 Å². The highest BCUT2D eigenvalue weighted by Crippen LogP contribution is 2.50. The number of aryl methyl sites for hydroxylation is 1. The summed E-state index contributed by atoms with van der Waals surface area (Å²) in [5.41, 5.74) is 11.3. The standard InChI is InChI=1S/C29H33N3O3/c1-19-9-11-20(12-10-19)18-35-25-8-6-5-7-21(25)26-22(17-30)28(31)32(13-14-34-4)23-15-29(2,3)16-24(33)27(23)26/h5-12,26H,13-16,18,31H2,1-4H3/t26-/m0/s1. The van der Waals surface area contributed by atoms with Crippen LogP contribution in [0, 0.1) is 23.7 Å². The largest absolute Gasteiger partial charge is 0.489 e. The van der Waals surface area contributed by atoms with Gasteiger partial charge in [0.05, 0.1) is 24.2 Å². The van der Waals surface area contributed by atoms with Crippen LogP contribution in [0.25, 0.3) is 0 Å². The molecule has 0 radical (unpaired) electrons. The lowest BCUT2D eigenvalue weighted by Gasteiger charge is -2.44. The summed E-state index contributed by atoms with van der Waals surface area (Å²) in [7, 11) is 1.63. The number of methoxy groups -OCH3 is 1. The molecule has 0 unspecified atom stereocenters. The van der Waals surface area contributed by atoms with Crippen LogP contribution in [0.5, 0.6) is 5.75 Å². The third-order valence-corrected chi connectivity index (χ3v) is 6.75. The molecule has 2 aromatic carbocycles. The van der Waals surface area contributed by atoms with Gasteiger partial charge in [-0.15, -0.1) is 0 Å². The Balaban J connectivity index is 1.80. The third kappa shape index (κ3) is 4.96. The van der Waals surface area contributed by atoms with Crippen LogP contribution in [-0.4, -0.2) is 30.9 Å². The number of rotatable bonds is 7. The maximum atomic E-state index is 13.6. The first kappa shape index (κ1) is 24.6. The van der Waals surface area contributed by atoms with E-state index in [2.05, 4.69) is 32.0 Å². The van der Waals surface area contributed by atoms with E-state index in [0.29, 0.717) is 55.3 Å². The molecular formula is C29H33N3O3. The molecule has 6 nitrogen and oxygen atoms in total. The Hall–Kier alpha value is -3.56. The fraction of sp³-hybridized carbons (Fsp3) is 0.379. The minimum atomic E-state index is -0.563. The van der Waals surface area contributed by atoms with E-state index >= 15 is 0 Å². The summed E-state index contributed by atoms with van der Waals surface area (Å²) in [6, 6.07) is 18.1. The Morgan fingerprint density at radius 2 is 1.86 bits per heavy atom. The highest BCUT2D eigenvalue weighted by atomic mass is 16.5. The number of nitrogens with zero attached hydrogens (tertiary/aromatic N) is 2. The molecule has 182 valence electrons. The van der Waals surface area contributed by atoms with Crippen molar-refractivity contribution in [3.8, 4) is 11.8 Å². The van der Waals surface area contributed by atoms with Gasteiger partial charge in [-0.25, -0.2) is 0 Å². The smallest absolute Gasteiger partial charge is 0.162 e. The molecule has 2 aliphatic rings. The molecule has 1 heterocycles. The van der Waals surface area contributed by atoms with Gasteiger partial charge in [-0.05, 0) is 30.4 Å². The average molecular weight is 472 g/mol. The van der Waals surface area contributed by atoms with Gasteiger partial charge in [0.1, 0.15) is 18.2 Å². The number of carbonyl (C=O) groups excluding carboxylic acids is 1. The molecule has 0 fully saturated rings. The van der Waals surface area contributed by atoms with Crippen LogP contribution in [0.15, 0.2) is 71.2 Å². The highest BCUT2D eigenvalue weighted by molar-refractivity contribution is 6.00. The quantitative estimate of drug-likeness (QED) is 0.614. The molecule has 1 aliphatic heterocycles. The van der Waals surface area contributed by atoms with Gasteiger partial charge < -0.3 is 20.1 Å². The molecule has 0 aromatic heterocycles. The summed E-state index contributed by atoms with van der Waals surface area (Å²) in [5.74, 6) is 0.518. The first-order valence-corrected chi connectivity index (χ1v) is 12.0. The maximum Gasteiger partial charge on any atom is 0.162 e. The number of carbonyl (C=O) groups is 1. The van der Waals surface area contributed by atoms with Gasteiger partial charge in [-0.3, -0.25) is 4.79 Å². The lowest BCUT2D eigenvalue weighted by atomic mass is 9.68. The van der Waals surface area contributed by atoms with Crippen LogP contribution >= 0.6 is 0 Å². The number of nitriles is 1. The van der Waals surface area contributed by atoms with Gasteiger partial charge in [0.15, 0.2) is 5.78 Å². The Kier molecular flexibility index (Phi) is 7.00. The van der Waals surface area contributed by atoms with E-state index in [9.17, 15) is 10.1 Å². The van der Waals surface area contributed by atoms with Crippen LogP contribution < -0.4 is 10.5 Å². The minimum Gasteiger partial charge on any atom is -0.489 e. The first-order valence-electron chi connectivity index (χ1n) is 12.0. The molecule has 0 amide bonds. The predicted octanol–water partition coefficient (Wildman–Crippen LogP) is 4.96. The van der Waals surface area contributed by atoms with Crippen molar-refractivity contribution < 1.29 is 14.3 Å². The number of nitrogens with two attached hydrogens (primary N) is 1. The number of ether oxygens (including phenoxy) is 2. The van der Waals surface area contributed by atoms with Crippen molar-refractivity contribution in [1.82, 2.24) is 4.90 Å². The SMILES string of the molecule is COCCN1C(N)=C(C#N)[C@H](c2ccccc2OCc2ccc(C)cc2)C2=C1CC(C)(C)CC2=O. The number of hydrogen-bond acceptors (Lipinski definition) is 6. The van der Waals surface area contributed by atoms with E-state index in [-0.39, 0.29) is 11.2 Å². The summed E-state index contributed by atoms with van der Waals surface area (Å²) in [6.07, 6.45) is 1.12. The lowest BCUT2D eigenvalue weighted by molar-refractivity contribution is -0.118. The van der Waals surface area contributed by atoms with Gasteiger partial charge in [0, 0.05) is 36.9 Å². The van der Waals surface area contributed by atoms with Crippen LogP contribution in [0.2, 0.25) is 0 Å². The van der Waals surface area contributed by atoms with Crippen molar-refractivity contribution in [3.63, 3.8) is 0 Å². The number of benzene rings is 2. The molecule has 1 atom stereocenters. The number of ketones is 1. The van der Waals surface area contributed by atoms with Gasteiger partial charge >= 0.3 is 0 Å². The molecule has 6 heteroatoms. The molecule has 35 heavy (non-hydrogen) atoms. The van der Waals surface area contributed by atoms with Crippen LogP contribution in [0.3, 0.4) is 0 Å². The van der Waals surface area contributed by atoms with E-state index < -0.39 is 5.92 Å². The molecular weight excluding hydrogens is 438 g/mol. The number of para-hydroxylation sites is 1. The molecule has 0 bridgehead atoms. The summed E-state index contributed by atoms with van der Waals surface area (Å²) < 4.78 is 11.6. The molecule has 0 saturated carbocycles. The van der Waals surface area contributed by atoms with E-state index in [1.54, 1.807) is 7.11 Å². The average Bonchev–Trinajstić information content (AvgIpc) is 2.82. The maximum absolute atomic E-state index is 13.6. The number of Topliss-reactive ketones (excluding diaryl/α,β-unsaturated/α-hetero) is 1. The van der Waals surface area contributed by atoms with Crippen molar-refractivity contribution >= 4 is 5.78 Å². The molecule has 1 aliphatic carbocycles. The third-order valence-electron chi connectivity index (χ3n) is 6.75. The summed E-state index contributed by atoms with van der Waals surface area (Å²) >= 11 is 0. The minimum absolute atomic E-state index is 0.0530. The molecule has 2 aromatic rings. The monoisotopic (exact) mass is 471 g/mol. The van der Waals surface area contributed by atoms with Gasteiger partial charge in [0.25, 0.3) is 0 Å². The second-order valence-electron chi connectivity index (χ2n) is 10.1. The topological polar surface area (TPSA) is 88.6 Å². The molecule has 2 N–H and O–H groups in total. The number of hydrogen-bond donors (Lipinski definition) is 1. The zero-order valence-electron chi connectivity index (χ0n) is 20.9. The number of allylic oxidation sites excluding steroid dienone is 3. The van der Waals surface area contributed by atoms with E-state index in [1.807, 2.05) is 48.2 Å². The molecule has 0 spiro atoms. The second kappa shape index (κ2) is 9.97. The van der Waals surface area contributed by atoms with Crippen molar-refractivity contribution in [2.75, 3.05) is 20.3 Å². The summed E-state index contributed by atoms with van der Waals surface area (Å²) in [6.45, 7) is 7.54. The van der Waals surface area contributed by atoms with Crippen molar-refractivity contribution in [1.29, 1.82) is 5.26 Å². The van der Waals surface area contributed by atoms with Crippen molar-refractivity contribution in [3.05, 3.63) is 87.9 Å². The summed E-state index contributed by atoms with van der Waals surface area (Å²) in [5, 5.41) is 10.2. The fourth-order valence-electron chi connectivity index (χ4n) is 5.02. The van der Waals surface area contributed by atoms with Gasteiger partial charge in [-0.2, -0.15) is 5.26 Å². The predicted molar refractivity (Wildman–Crippen MR) is 135 cm³/mol. The lowest BCUT2D eigenvalue weighted by Crippen LogP contribution is -2.43. The van der Waals surface area contributed by atoms with Crippen LogP contribution in [-0.2, 0) is 16.1 Å². The fourth-order valence-corrected chi connectivity index (χ4v) is 5.02. The summed E-state index contributed by atoms with van der Waals surface area (Å²) in [4.78, 5) is 15.5. The van der Waals surface area contributed by atoms with E-state index in [4.69, 9.17) is 15.2 Å². The van der Waals surface area contributed by atoms with Crippen molar-refractivity contribution in [2.24, 2.45) is 11.1 Å². The Labute approximate surface area is 207 Å². The zero-order valence-corrected chi connectivity index (χ0v) is 20.9. The van der Waals surface area contributed by atoms with Crippen molar-refractivity contribution in [2.45, 2.75) is 46.1 Å². The van der Waals surface area contributed by atoms with E-state index in [1.165, 1.54) is 5.56 Å². The Morgan fingerprint density at radius 1 is 1.14 bits per heavy atom. The van der Waals surface area contributed by atoms with Crippen LogP contribution in [0.1, 0.15) is 49.3 Å². The first-order chi connectivity index (χ1) is 16.8. The van der Waals surface area contributed by atoms with Gasteiger partial charge in [0.2, 0.25) is 0 Å². The Bertz CT molecular complexity index is 1220. The second-order valence-corrected chi connectivity index (χ2v) is 10.1. The molecule has 4 rings (SSSR count). The normalized spacial score (nSPS) is 19.5. The molecule has 0 saturated heterocycles. The van der Waals surface area contributed by atoms with Crippen LogP contribution in [0.4, 0.5) is 0 Å². The Morgan fingerprint density at radius 3 is 2.54 bits per heavy atom. The zero-order chi connectivity index (χ0) is 25.2. The van der Waals surface area contributed by atoms with Gasteiger partial charge in [-0.1, -0.05) is 61.9 Å². The highest BCUT2D eigenvalue weighted by Gasteiger charge is 2.44.